The summed E-state index contributed by atoms with van der Waals surface area (Å²) in [5.74, 6) is 3.17. The second kappa shape index (κ2) is 2.40. The largest absolute Gasteiger partial charge is 0.368 e. The number of nitrogens with two attached hydrogens (primary N) is 1. The van der Waals surface area contributed by atoms with E-state index in [4.69, 9.17) is 5.73 Å². The van der Waals surface area contributed by atoms with E-state index in [1.165, 1.54) is 6.42 Å². The van der Waals surface area contributed by atoms with Crippen molar-refractivity contribution in [3.05, 3.63) is 11.6 Å². The summed E-state index contributed by atoms with van der Waals surface area (Å²) in [4.78, 5) is 12.3. The molecule has 0 aromatic carbocycles. The SMILES string of the molecule is Cc1nc(N)nc(C2CC2C)n1. The lowest BCUT2D eigenvalue weighted by Gasteiger charge is -1.99. The first-order chi connectivity index (χ1) is 5.66. The van der Waals surface area contributed by atoms with E-state index in [0.29, 0.717) is 17.8 Å². The van der Waals surface area contributed by atoms with E-state index in [1.54, 1.807) is 0 Å². The number of hydrogen-bond donors (Lipinski definition) is 1. The number of nitrogens with zero attached hydrogens (tertiary/aromatic N) is 3. The molecule has 1 aliphatic carbocycles. The zero-order valence-electron chi connectivity index (χ0n) is 7.28. The van der Waals surface area contributed by atoms with E-state index in [2.05, 4.69) is 21.9 Å². The van der Waals surface area contributed by atoms with Crippen LogP contribution in [0.4, 0.5) is 5.95 Å². The first kappa shape index (κ1) is 7.46. The van der Waals surface area contributed by atoms with Crippen LogP contribution in [0.2, 0.25) is 0 Å². The van der Waals surface area contributed by atoms with Crippen LogP contribution in [-0.2, 0) is 0 Å². The van der Waals surface area contributed by atoms with Gasteiger partial charge >= 0.3 is 0 Å². The fourth-order valence-electron chi connectivity index (χ4n) is 1.37. The molecule has 2 atom stereocenters. The first-order valence-corrected chi connectivity index (χ1v) is 4.15. The van der Waals surface area contributed by atoms with Crippen molar-refractivity contribution < 1.29 is 0 Å². The molecule has 1 saturated carbocycles. The minimum absolute atomic E-state index is 0.344. The van der Waals surface area contributed by atoms with E-state index >= 15 is 0 Å². The lowest BCUT2D eigenvalue weighted by molar-refractivity contribution is 0.812. The Morgan fingerprint density at radius 1 is 1.33 bits per heavy atom. The molecular weight excluding hydrogens is 152 g/mol. The van der Waals surface area contributed by atoms with Gasteiger partial charge in [-0.1, -0.05) is 6.92 Å². The zero-order valence-corrected chi connectivity index (χ0v) is 7.28. The van der Waals surface area contributed by atoms with Crippen LogP contribution in [-0.4, -0.2) is 15.0 Å². The van der Waals surface area contributed by atoms with Gasteiger partial charge in [0.05, 0.1) is 0 Å². The summed E-state index contributed by atoms with van der Waals surface area (Å²) in [6.45, 7) is 4.04. The summed E-state index contributed by atoms with van der Waals surface area (Å²) in [6, 6.07) is 0. The smallest absolute Gasteiger partial charge is 0.223 e. The van der Waals surface area contributed by atoms with Gasteiger partial charge < -0.3 is 5.73 Å². The maximum Gasteiger partial charge on any atom is 0.223 e. The van der Waals surface area contributed by atoms with Crippen LogP contribution in [0.5, 0.6) is 0 Å². The second-order valence-corrected chi connectivity index (χ2v) is 3.42. The molecule has 1 aromatic rings. The maximum absolute atomic E-state index is 5.51. The Kier molecular flexibility index (Phi) is 1.49. The van der Waals surface area contributed by atoms with Crippen LogP contribution >= 0.6 is 0 Å². The number of aromatic nitrogens is 3. The molecule has 2 rings (SSSR count). The molecule has 1 aromatic heterocycles. The highest BCUT2D eigenvalue weighted by Gasteiger charge is 2.36. The third-order valence-electron chi connectivity index (χ3n) is 2.22. The Morgan fingerprint density at radius 2 is 2.00 bits per heavy atom. The van der Waals surface area contributed by atoms with Crippen LogP contribution in [0.1, 0.15) is 30.9 Å². The summed E-state index contributed by atoms with van der Waals surface area (Å²) in [6.07, 6.45) is 1.18. The predicted molar refractivity (Wildman–Crippen MR) is 45.5 cm³/mol. The van der Waals surface area contributed by atoms with Gasteiger partial charge in [0.1, 0.15) is 11.6 Å². The number of hydrogen-bond acceptors (Lipinski definition) is 4. The third kappa shape index (κ3) is 1.24. The Labute approximate surface area is 71.2 Å². The first-order valence-electron chi connectivity index (χ1n) is 4.15. The summed E-state index contributed by atoms with van der Waals surface area (Å²) < 4.78 is 0. The van der Waals surface area contributed by atoms with E-state index < -0.39 is 0 Å². The summed E-state index contributed by atoms with van der Waals surface area (Å²) in [5, 5.41) is 0. The van der Waals surface area contributed by atoms with Crippen LogP contribution in [0, 0.1) is 12.8 Å². The summed E-state index contributed by atoms with van der Waals surface area (Å²) in [7, 11) is 0. The van der Waals surface area contributed by atoms with Crippen molar-refractivity contribution >= 4 is 5.95 Å². The van der Waals surface area contributed by atoms with Crippen LogP contribution in [0.15, 0.2) is 0 Å². The van der Waals surface area contributed by atoms with Gasteiger partial charge in [0, 0.05) is 5.92 Å². The molecule has 0 aliphatic heterocycles. The van der Waals surface area contributed by atoms with Gasteiger partial charge in [-0.2, -0.15) is 9.97 Å². The quantitative estimate of drug-likeness (QED) is 0.669. The molecule has 0 bridgehead atoms. The van der Waals surface area contributed by atoms with Crippen molar-refractivity contribution in [3.63, 3.8) is 0 Å². The predicted octanol–water partition coefficient (Wildman–Crippen LogP) is 0.886. The van der Waals surface area contributed by atoms with Crippen molar-refractivity contribution in [1.82, 2.24) is 15.0 Å². The molecule has 0 spiro atoms. The lowest BCUT2D eigenvalue weighted by atomic mass is 10.3. The van der Waals surface area contributed by atoms with E-state index in [9.17, 15) is 0 Å². The molecule has 0 amide bonds. The fraction of sp³-hybridized carbons (Fsp3) is 0.625. The van der Waals surface area contributed by atoms with Crippen molar-refractivity contribution in [2.75, 3.05) is 5.73 Å². The Hall–Kier alpha value is -1.19. The molecule has 4 heteroatoms. The van der Waals surface area contributed by atoms with Gasteiger partial charge in [0.25, 0.3) is 0 Å². The standard InChI is InChI=1S/C8H12N4/c1-4-3-6(4)7-10-5(2)11-8(9)12-7/h4,6H,3H2,1-2H3,(H2,9,10,11,12). The fourth-order valence-corrected chi connectivity index (χ4v) is 1.37. The van der Waals surface area contributed by atoms with Crippen molar-refractivity contribution in [2.24, 2.45) is 5.92 Å². The normalized spacial score (nSPS) is 27.2. The lowest BCUT2D eigenvalue weighted by Crippen LogP contribution is -2.04. The van der Waals surface area contributed by atoms with Gasteiger partial charge in [0.2, 0.25) is 5.95 Å². The number of aryl methyl sites for hydroxylation is 1. The molecule has 64 valence electrons. The molecule has 1 fully saturated rings. The van der Waals surface area contributed by atoms with Gasteiger partial charge in [-0.3, -0.25) is 0 Å². The zero-order chi connectivity index (χ0) is 8.72. The molecule has 0 saturated heterocycles. The van der Waals surface area contributed by atoms with Gasteiger partial charge in [-0.05, 0) is 19.3 Å². The van der Waals surface area contributed by atoms with E-state index in [1.807, 2.05) is 6.92 Å². The number of anilines is 1. The van der Waals surface area contributed by atoms with Crippen LogP contribution in [0.25, 0.3) is 0 Å². The summed E-state index contributed by atoms with van der Waals surface area (Å²) in [5.41, 5.74) is 5.51. The Bertz CT molecular complexity index is 290. The number of nitrogen functional groups attached to an aromatic ring is 1. The van der Waals surface area contributed by atoms with Crippen LogP contribution < -0.4 is 5.73 Å². The molecule has 4 nitrogen and oxygen atoms in total. The molecule has 1 aliphatic rings. The minimum atomic E-state index is 0.344. The molecule has 2 N–H and O–H groups in total. The van der Waals surface area contributed by atoms with Gasteiger partial charge in [-0.15, -0.1) is 0 Å². The maximum atomic E-state index is 5.51. The number of rotatable bonds is 1. The molecular formula is C8H12N4. The average Bonchev–Trinajstić information content (AvgIpc) is 2.64. The minimum Gasteiger partial charge on any atom is -0.368 e. The van der Waals surface area contributed by atoms with Crippen molar-refractivity contribution in [2.45, 2.75) is 26.2 Å². The van der Waals surface area contributed by atoms with Gasteiger partial charge in [0.15, 0.2) is 0 Å². The third-order valence-corrected chi connectivity index (χ3v) is 2.22. The topological polar surface area (TPSA) is 64.7 Å². The Balaban J connectivity index is 2.32. The van der Waals surface area contributed by atoms with Crippen molar-refractivity contribution in [3.8, 4) is 0 Å². The van der Waals surface area contributed by atoms with Gasteiger partial charge in [-0.25, -0.2) is 4.98 Å². The summed E-state index contributed by atoms with van der Waals surface area (Å²) >= 11 is 0. The van der Waals surface area contributed by atoms with Crippen LogP contribution in [0.3, 0.4) is 0 Å². The van der Waals surface area contributed by atoms with E-state index in [-0.39, 0.29) is 0 Å². The Morgan fingerprint density at radius 3 is 2.50 bits per heavy atom. The molecule has 1 heterocycles. The molecule has 2 unspecified atom stereocenters. The highest BCUT2D eigenvalue weighted by molar-refractivity contribution is 5.20. The second-order valence-electron chi connectivity index (χ2n) is 3.42. The van der Waals surface area contributed by atoms with Crippen molar-refractivity contribution in [1.29, 1.82) is 0 Å². The molecule has 12 heavy (non-hydrogen) atoms. The monoisotopic (exact) mass is 164 g/mol. The molecule has 0 radical (unpaired) electrons. The van der Waals surface area contributed by atoms with E-state index in [0.717, 1.165) is 11.6 Å². The highest BCUT2D eigenvalue weighted by Crippen LogP contribution is 2.45. The highest BCUT2D eigenvalue weighted by atomic mass is 15.1. The average molecular weight is 164 g/mol.